The lowest BCUT2D eigenvalue weighted by Gasteiger charge is -2.24. The van der Waals surface area contributed by atoms with Crippen LogP contribution in [0.1, 0.15) is 31.9 Å². The highest BCUT2D eigenvalue weighted by Gasteiger charge is 2.06. The molecule has 2 N–H and O–H groups in total. The summed E-state index contributed by atoms with van der Waals surface area (Å²) in [5, 5.41) is 0. The first-order valence-corrected chi connectivity index (χ1v) is 6.19. The standard InChI is InChI=1S/C15H22N2/c1-4-17(13(2)3)12-15-9-7-14(8-10-15)6-5-11-16/h7-10,13H,4,11-12,16H2,1-3H3. The van der Waals surface area contributed by atoms with E-state index < -0.39 is 0 Å². The summed E-state index contributed by atoms with van der Waals surface area (Å²) in [6.07, 6.45) is 0. The third kappa shape index (κ3) is 4.60. The molecule has 0 bridgehead atoms. The molecule has 0 unspecified atom stereocenters. The second-order valence-corrected chi connectivity index (χ2v) is 4.36. The molecule has 0 aliphatic rings. The highest BCUT2D eigenvalue weighted by atomic mass is 15.1. The lowest BCUT2D eigenvalue weighted by atomic mass is 10.1. The summed E-state index contributed by atoms with van der Waals surface area (Å²) >= 11 is 0. The normalized spacial score (nSPS) is 10.5. The van der Waals surface area contributed by atoms with Crippen molar-refractivity contribution < 1.29 is 0 Å². The van der Waals surface area contributed by atoms with Crippen LogP contribution in [0.3, 0.4) is 0 Å². The fourth-order valence-corrected chi connectivity index (χ4v) is 1.74. The molecule has 0 fully saturated rings. The van der Waals surface area contributed by atoms with Gasteiger partial charge in [0.05, 0.1) is 6.54 Å². The Morgan fingerprint density at radius 3 is 2.35 bits per heavy atom. The molecule has 0 radical (unpaired) electrons. The van der Waals surface area contributed by atoms with Crippen molar-refractivity contribution in [1.29, 1.82) is 0 Å². The maximum absolute atomic E-state index is 5.34. The van der Waals surface area contributed by atoms with Crippen LogP contribution in [-0.2, 0) is 6.54 Å². The van der Waals surface area contributed by atoms with Crippen LogP contribution in [-0.4, -0.2) is 24.0 Å². The lowest BCUT2D eigenvalue weighted by Crippen LogP contribution is -2.29. The highest BCUT2D eigenvalue weighted by molar-refractivity contribution is 5.36. The number of hydrogen-bond donors (Lipinski definition) is 1. The number of hydrogen-bond acceptors (Lipinski definition) is 2. The number of nitrogens with two attached hydrogens (primary N) is 1. The zero-order chi connectivity index (χ0) is 12.7. The van der Waals surface area contributed by atoms with Crippen molar-refractivity contribution in [1.82, 2.24) is 4.90 Å². The molecule has 0 atom stereocenters. The SMILES string of the molecule is CCN(Cc1ccc(C#CCN)cc1)C(C)C. The van der Waals surface area contributed by atoms with Gasteiger partial charge in [-0.3, -0.25) is 4.90 Å². The van der Waals surface area contributed by atoms with E-state index in [-0.39, 0.29) is 0 Å². The number of nitrogens with zero attached hydrogens (tertiary/aromatic N) is 1. The van der Waals surface area contributed by atoms with Crippen LogP contribution in [0, 0.1) is 11.8 Å². The van der Waals surface area contributed by atoms with Gasteiger partial charge in [0.2, 0.25) is 0 Å². The summed E-state index contributed by atoms with van der Waals surface area (Å²) in [6, 6.07) is 8.99. The van der Waals surface area contributed by atoms with Gasteiger partial charge in [-0.25, -0.2) is 0 Å². The van der Waals surface area contributed by atoms with E-state index in [0.29, 0.717) is 12.6 Å². The van der Waals surface area contributed by atoms with Gasteiger partial charge in [-0.2, -0.15) is 0 Å². The predicted molar refractivity (Wildman–Crippen MR) is 73.6 cm³/mol. The molecule has 0 spiro atoms. The average molecular weight is 230 g/mol. The fourth-order valence-electron chi connectivity index (χ4n) is 1.74. The van der Waals surface area contributed by atoms with Crippen molar-refractivity contribution >= 4 is 0 Å². The second-order valence-electron chi connectivity index (χ2n) is 4.36. The molecule has 92 valence electrons. The molecule has 1 rings (SSSR count). The largest absolute Gasteiger partial charge is 0.320 e. The first-order chi connectivity index (χ1) is 8.17. The van der Waals surface area contributed by atoms with Gasteiger partial charge < -0.3 is 5.73 Å². The molecule has 17 heavy (non-hydrogen) atoms. The molecule has 0 heterocycles. The van der Waals surface area contributed by atoms with E-state index in [9.17, 15) is 0 Å². The number of rotatable bonds is 4. The minimum Gasteiger partial charge on any atom is -0.320 e. The summed E-state index contributed by atoms with van der Waals surface area (Å²) in [4.78, 5) is 2.43. The molecule has 1 aromatic rings. The lowest BCUT2D eigenvalue weighted by molar-refractivity contribution is 0.225. The quantitative estimate of drug-likeness (QED) is 0.804. The first kappa shape index (κ1) is 13.8. The van der Waals surface area contributed by atoms with E-state index in [4.69, 9.17) is 5.73 Å². The van der Waals surface area contributed by atoms with Crippen molar-refractivity contribution in [2.75, 3.05) is 13.1 Å². The molecular formula is C15H22N2. The van der Waals surface area contributed by atoms with E-state index in [1.54, 1.807) is 0 Å². The van der Waals surface area contributed by atoms with Crippen LogP contribution in [0.4, 0.5) is 0 Å². The minimum atomic E-state index is 0.415. The Labute approximate surface area is 105 Å². The van der Waals surface area contributed by atoms with Gasteiger partial charge >= 0.3 is 0 Å². The van der Waals surface area contributed by atoms with E-state index in [1.807, 2.05) is 0 Å². The Hall–Kier alpha value is -1.30. The van der Waals surface area contributed by atoms with E-state index in [1.165, 1.54) is 5.56 Å². The minimum absolute atomic E-state index is 0.415. The van der Waals surface area contributed by atoms with Crippen LogP contribution in [0.15, 0.2) is 24.3 Å². The summed E-state index contributed by atoms with van der Waals surface area (Å²) < 4.78 is 0. The van der Waals surface area contributed by atoms with Gasteiger partial charge in [-0.1, -0.05) is 30.9 Å². The van der Waals surface area contributed by atoms with Gasteiger partial charge in [0, 0.05) is 18.2 Å². The molecule has 1 aromatic carbocycles. The zero-order valence-corrected chi connectivity index (χ0v) is 11.0. The van der Waals surface area contributed by atoms with Crippen molar-refractivity contribution in [2.45, 2.75) is 33.4 Å². The monoisotopic (exact) mass is 230 g/mol. The molecule has 0 saturated heterocycles. The van der Waals surface area contributed by atoms with Crippen molar-refractivity contribution in [3.05, 3.63) is 35.4 Å². The van der Waals surface area contributed by atoms with Gasteiger partial charge in [0.15, 0.2) is 0 Å². The summed E-state index contributed by atoms with van der Waals surface area (Å²) in [6.45, 7) is 9.14. The van der Waals surface area contributed by atoms with Gasteiger partial charge in [-0.15, -0.1) is 0 Å². The molecule has 2 nitrogen and oxygen atoms in total. The topological polar surface area (TPSA) is 29.3 Å². The van der Waals surface area contributed by atoms with Crippen molar-refractivity contribution in [3.8, 4) is 11.8 Å². The third-order valence-electron chi connectivity index (χ3n) is 2.81. The van der Waals surface area contributed by atoms with Gasteiger partial charge in [-0.05, 0) is 38.1 Å². The van der Waals surface area contributed by atoms with Crippen molar-refractivity contribution in [2.24, 2.45) is 5.73 Å². The van der Waals surface area contributed by atoms with Gasteiger partial charge in [0.1, 0.15) is 0 Å². The van der Waals surface area contributed by atoms with E-state index >= 15 is 0 Å². The van der Waals surface area contributed by atoms with E-state index in [0.717, 1.165) is 18.7 Å². The predicted octanol–water partition coefficient (Wildman–Crippen LogP) is 2.23. The molecule has 0 aliphatic carbocycles. The van der Waals surface area contributed by atoms with Crippen molar-refractivity contribution in [3.63, 3.8) is 0 Å². The molecule has 0 amide bonds. The Kier molecular flexibility index (Phi) is 5.76. The second kappa shape index (κ2) is 7.11. The summed E-state index contributed by atoms with van der Waals surface area (Å²) in [5.41, 5.74) is 7.71. The Morgan fingerprint density at radius 1 is 1.24 bits per heavy atom. The van der Waals surface area contributed by atoms with Crippen LogP contribution < -0.4 is 5.73 Å². The molecule has 0 saturated carbocycles. The summed E-state index contributed by atoms with van der Waals surface area (Å²) in [5.74, 6) is 5.89. The molecule has 2 heteroatoms. The van der Waals surface area contributed by atoms with E-state index in [2.05, 4.69) is 61.8 Å². The smallest absolute Gasteiger partial charge is 0.0555 e. The fraction of sp³-hybridized carbons (Fsp3) is 0.467. The maximum Gasteiger partial charge on any atom is 0.0555 e. The molecular weight excluding hydrogens is 208 g/mol. The number of benzene rings is 1. The maximum atomic E-state index is 5.34. The third-order valence-corrected chi connectivity index (χ3v) is 2.81. The first-order valence-electron chi connectivity index (χ1n) is 6.19. The summed E-state index contributed by atoms with van der Waals surface area (Å²) in [7, 11) is 0. The molecule has 0 aliphatic heterocycles. The molecule has 0 aromatic heterocycles. The Balaban J connectivity index is 2.67. The Morgan fingerprint density at radius 2 is 1.88 bits per heavy atom. The van der Waals surface area contributed by atoms with Crippen LogP contribution in [0.25, 0.3) is 0 Å². The van der Waals surface area contributed by atoms with Crippen LogP contribution >= 0.6 is 0 Å². The Bertz CT molecular complexity index is 382. The van der Waals surface area contributed by atoms with Crippen LogP contribution in [0.2, 0.25) is 0 Å². The van der Waals surface area contributed by atoms with Crippen LogP contribution in [0.5, 0.6) is 0 Å². The van der Waals surface area contributed by atoms with Gasteiger partial charge in [0.25, 0.3) is 0 Å². The average Bonchev–Trinajstić information content (AvgIpc) is 2.34. The zero-order valence-electron chi connectivity index (χ0n) is 11.0. The highest BCUT2D eigenvalue weighted by Crippen LogP contribution is 2.09.